The summed E-state index contributed by atoms with van der Waals surface area (Å²) in [6.07, 6.45) is 0. The van der Waals surface area contributed by atoms with Gasteiger partial charge in [0.2, 0.25) is 0 Å². The first-order chi connectivity index (χ1) is 8.92. The molecule has 0 heterocycles. The molecule has 0 saturated carbocycles. The fraction of sp³-hybridized carbons (Fsp3) is 0.600. The molecule has 19 heavy (non-hydrogen) atoms. The van der Waals surface area contributed by atoms with Gasteiger partial charge in [-0.3, -0.25) is 0 Å². The molecule has 108 valence electrons. The molecule has 0 radical (unpaired) electrons. The molecule has 1 aromatic rings. The molecule has 0 spiro atoms. The maximum atomic E-state index is 13.8. The summed E-state index contributed by atoms with van der Waals surface area (Å²) >= 11 is 1.79. The number of rotatable bonds is 7. The number of thioether (sulfide) groups is 1. The summed E-state index contributed by atoms with van der Waals surface area (Å²) in [7, 11) is 0. The Labute approximate surface area is 120 Å². The topological polar surface area (TPSA) is 21.3 Å². The van der Waals surface area contributed by atoms with Gasteiger partial charge in [-0.2, -0.15) is 11.8 Å². The summed E-state index contributed by atoms with van der Waals surface area (Å²) in [5, 5.41) is 3.33. The Kier molecular flexibility index (Phi) is 6.66. The van der Waals surface area contributed by atoms with E-state index in [2.05, 4.69) is 33.0 Å². The molecule has 0 saturated heterocycles. The number of hydrogen-bond acceptors (Lipinski definition) is 3. The minimum absolute atomic E-state index is 0.0308. The summed E-state index contributed by atoms with van der Waals surface area (Å²) in [5.41, 5.74) is 0.964. The average molecular weight is 285 g/mol. The lowest BCUT2D eigenvalue weighted by molar-refractivity contribution is 0.324. The van der Waals surface area contributed by atoms with E-state index >= 15 is 0 Å². The van der Waals surface area contributed by atoms with E-state index in [4.69, 9.17) is 4.74 Å². The molecule has 1 N–H and O–H groups in total. The largest absolute Gasteiger partial charge is 0.490 e. The zero-order chi connectivity index (χ0) is 14.3. The van der Waals surface area contributed by atoms with Gasteiger partial charge in [0.25, 0.3) is 0 Å². The van der Waals surface area contributed by atoms with Crippen molar-refractivity contribution in [2.24, 2.45) is 0 Å². The van der Waals surface area contributed by atoms with Crippen molar-refractivity contribution in [3.8, 4) is 5.75 Å². The van der Waals surface area contributed by atoms with Crippen LogP contribution in [0.1, 0.15) is 33.3 Å². The highest BCUT2D eigenvalue weighted by atomic mass is 32.2. The van der Waals surface area contributed by atoms with Gasteiger partial charge < -0.3 is 10.1 Å². The summed E-state index contributed by atoms with van der Waals surface area (Å²) in [6, 6.07) is 5.16. The quantitative estimate of drug-likeness (QED) is 0.769. The summed E-state index contributed by atoms with van der Waals surface area (Å²) in [6.45, 7) is 9.58. The Morgan fingerprint density at radius 1 is 1.32 bits per heavy atom. The van der Waals surface area contributed by atoms with Crippen LogP contribution in [-0.4, -0.2) is 23.7 Å². The van der Waals surface area contributed by atoms with E-state index in [0.717, 1.165) is 17.1 Å². The Balaban J connectivity index is 2.49. The predicted octanol–water partition coefficient (Wildman–Crippen LogP) is 3.85. The first kappa shape index (κ1) is 16.3. The van der Waals surface area contributed by atoms with Crippen molar-refractivity contribution in [2.75, 3.05) is 18.1 Å². The van der Waals surface area contributed by atoms with Gasteiger partial charge >= 0.3 is 0 Å². The summed E-state index contributed by atoms with van der Waals surface area (Å²) in [5.74, 6) is 2.01. The maximum Gasteiger partial charge on any atom is 0.165 e. The molecular weight excluding hydrogens is 261 g/mol. The van der Waals surface area contributed by atoms with Crippen LogP contribution in [0.3, 0.4) is 0 Å². The third-order valence-electron chi connectivity index (χ3n) is 2.51. The smallest absolute Gasteiger partial charge is 0.165 e. The fourth-order valence-electron chi connectivity index (χ4n) is 1.49. The van der Waals surface area contributed by atoms with E-state index < -0.39 is 0 Å². The van der Waals surface area contributed by atoms with E-state index in [9.17, 15) is 4.39 Å². The molecule has 0 fully saturated rings. The normalized spacial score (nSPS) is 11.6. The van der Waals surface area contributed by atoms with Crippen molar-refractivity contribution in [1.82, 2.24) is 5.32 Å². The van der Waals surface area contributed by atoms with Crippen molar-refractivity contribution >= 4 is 11.8 Å². The molecular formula is C15H24FNOS. The number of ether oxygens (including phenoxy) is 1. The molecule has 0 aliphatic carbocycles. The first-order valence-electron chi connectivity index (χ1n) is 6.66. The predicted molar refractivity (Wildman–Crippen MR) is 81.5 cm³/mol. The second kappa shape index (κ2) is 7.75. The molecule has 1 rings (SSSR count). The lowest BCUT2D eigenvalue weighted by Gasteiger charge is -2.20. The summed E-state index contributed by atoms with van der Waals surface area (Å²) in [4.78, 5) is 0. The summed E-state index contributed by atoms with van der Waals surface area (Å²) < 4.78 is 19.2. The van der Waals surface area contributed by atoms with E-state index in [1.165, 1.54) is 0 Å². The second-order valence-corrected chi connectivity index (χ2v) is 6.81. The molecule has 0 aliphatic heterocycles. The van der Waals surface area contributed by atoms with Crippen molar-refractivity contribution < 1.29 is 9.13 Å². The SMILES string of the molecule is CCSCCOc1ccc(CNC(C)(C)C)cc1F. The Morgan fingerprint density at radius 3 is 2.63 bits per heavy atom. The second-order valence-electron chi connectivity index (χ2n) is 5.41. The van der Waals surface area contributed by atoms with Gasteiger partial charge in [-0.25, -0.2) is 4.39 Å². The highest BCUT2D eigenvalue weighted by Crippen LogP contribution is 2.19. The Morgan fingerprint density at radius 2 is 2.05 bits per heavy atom. The van der Waals surface area contributed by atoms with Crippen LogP contribution in [0.4, 0.5) is 4.39 Å². The van der Waals surface area contributed by atoms with E-state index in [-0.39, 0.29) is 11.4 Å². The van der Waals surface area contributed by atoms with Gasteiger partial charge in [0.15, 0.2) is 11.6 Å². The van der Waals surface area contributed by atoms with Gasteiger partial charge in [-0.05, 0) is 44.2 Å². The molecule has 4 heteroatoms. The fourth-order valence-corrected chi connectivity index (χ4v) is 1.98. The van der Waals surface area contributed by atoms with Gasteiger partial charge in [0.1, 0.15) is 0 Å². The molecule has 0 bridgehead atoms. The zero-order valence-electron chi connectivity index (χ0n) is 12.3. The van der Waals surface area contributed by atoms with E-state index in [1.54, 1.807) is 23.9 Å². The van der Waals surface area contributed by atoms with Gasteiger partial charge in [0.05, 0.1) is 6.61 Å². The molecule has 1 aromatic carbocycles. The number of hydrogen-bond donors (Lipinski definition) is 1. The van der Waals surface area contributed by atoms with Crippen molar-refractivity contribution in [2.45, 2.75) is 39.8 Å². The molecule has 0 aliphatic rings. The zero-order valence-corrected chi connectivity index (χ0v) is 13.1. The molecule has 0 aromatic heterocycles. The number of benzene rings is 1. The van der Waals surface area contributed by atoms with Crippen molar-refractivity contribution in [1.29, 1.82) is 0 Å². The monoisotopic (exact) mass is 285 g/mol. The van der Waals surface area contributed by atoms with Gasteiger partial charge in [-0.1, -0.05) is 13.0 Å². The maximum absolute atomic E-state index is 13.8. The highest BCUT2D eigenvalue weighted by Gasteiger charge is 2.10. The highest BCUT2D eigenvalue weighted by molar-refractivity contribution is 7.99. The third-order valence-corrected chi connectivity index (χ3v) is 3.37. The number of halogens is 1. The van der Waals surface area contributed by atoms with Crippen molar-refractivity contribution in [3.05, 3.63) is 29.6 Å². The van der Waals surface area contributed by atoms with E-state index in [1.807, 2.05) is 6.07 Å². The van der Waals surface area contributed by atoms with Crippen LogP contribution in [0.2, 0.25) is 0 Å². The van der Waals surface area contributed by atoms with Crippen LogP contribution in [-0.2, 0) is 6.54 Å². The molecule has 0 amide bonds. The minimum atomic E-state index is -0.283. The lowest BCUT2D eigenvalue weighted by atomic mass is 10.1. The van der Waals surface area contributed by atoms with Gasteiger partial charge in [-0.15, -0.1) is 0 Å². The Bertz CT molecular complexity index is 390. The van der Waals surface area contributed by atoms with Crippen LogP contribution in [0.5, 0.6) is 5.75 Å². The average Bonchev–Trinajstić information content (AvgIpc) is 2.33. The first-order valence-corrected chi connectivity index (χ1v) is 7.82. The molecule has 0 unspecified atom stereocenters. The third kappa shape index (κ3) is 6.83. The van der Waals surface area contributed by atoms with E-state index in [0.29, 0.717) is 18.9 Å². The van der Waals surface area contributed by atoms with Crippen molar-refractivity contribution in [3.63, 3.8) is 0 Å². The standard InChI is InChI=1S/C15H24FNOS/c1-5-19-9-8-18-14-7-6-12(10-13(14)16)11-17-15(2,3)4/h6-7,10,17H,5,8-9,11H2,1-4H3. The Hall–Kier alpha value is -0.740. The van der Waals surface area contributed by atoms with Crippen LogP contribution in [0.15, 0.2) is 18.2 Å². The molecule has 2 nitrogen and oxygen atoms in total. The van der Waals surface area contributed by atoms with Crippen LogP contribution < -0.4 is 10.1 Å². The van der Waals surface area contributed by atoms with Crippen LogP contribution in [0, 0.1) is 5.82 Å². The number of nitrogens with one attached hydrogen (secondary N) is 1. The van der Waals surface area contributed by atoms with Crippen LogP contribution in [0.25, 0.3) is 0 Å². The lowest BCUT2D eigenvalue weighted by Crippen LogP contribution is -2.35. The molecule has 0 atom stereocenters. The van der Waals surface area contributed by atoms with Gasteiger partial charge in [0, 0.05) is 17.8 Å². The minimum Gasteiger partial charge on any atom is -0.490 e. The van der Waals surface area contributed by atoms with Crippen LogP contribution >= 0.6 is 11.8 Å².